The average Bonchev–Trinajstić information content (AvgIpc) is 3.37. The zero-order chi connectivity index (χ0) is 16.2. The van der Waals surface area contributed by atoms with Gasteiger partial charge in [-0.25, -0.2) is 0 Å². The smallest absolute Gasteiger partial charge is 0.151 e. The van der Waals surface area contributed by atoms with E-state index in [2.05, 4.69) is 48.1 Å². The maximum atomic E-state index is 4.25. The van der Waals surface area contributed by atoms with Gasteiger partial charge in [0.05, 0.1) is 16.8 Å². The monoisotopic (exact) mass is 340 g/mol. The normalized spacial score (nSPS) is 17.5. The van der Waals surface area contributed by atoms with Crippen molar-refractivity contribution in [2.45, 2.75) is 25.4 Å². The van der Waals surface area contributed by atoms with Crippen LogP contribution in [-0.2, 0) is 6.54 Å². The van der Waals surface area contributed by atoms with Crippen LogP contribution in [0.1, 0.15) is 18.4 Å². The molecule has 0 amide bonds. The summed E-state index contributed by atoms with van der Waals surface area (Å²) in [4.78, 5) is 3.58. The molecule has 124 valence electrons. The van der Waals surface area contributed by atoms with Gasteiger partial charge in [0.1, 0.15) is 0 Å². The molecule has 6 nitrogen and oxygen atoms in total. The molecule has 0 unspecified atom stereocenters. The van der Waals surface area contributed by atoms with Gasteiger partial charge in [-0.05, 0) is 36.4 Å². The summed E-state index contributed by atoms with van der Waals surface area (Å²) < 4.78 is 0. The van der Waals surface area contributed by atoms with E-state index in [0.717, 1.165) is 31.1 Å². The average molecular weight is 340 g/mol. The predicted octanol–water partition coefficient (Wildman–Crippen LogP) is 2.69. The van der Waals surface area contributed by atoms with Crippen LogP contribution in [0.3, 0.4) is 0 Å². The van der Waals surface area contributed by atoms with E-state index in [-0.39, 0.29) is 0 Å². The number of rotatable bonds is 6. The molecular weight excluding hydrogens is 320 g/mol. The van der Waals surface area contributed by atoms with Crippen molar-refractivity contribution in [3.63, 3.8) is 0 Å². The first-order valence-electron chi connectivity index (χ1n) is 8.23. The number of hydrogen-bond donors (Lipinski definition) is 2. The molecular formula is C17H20N6S. The first-order valence-corrected chi connectivity index (χ1v) is 9.11. The van der Waals surface area contributed by atoms with Gasteiger partial charge >= 0.3 is 0 Å². The van der Waals surface area contributed by atoms with Gasteiger partial charge in [-0.15, -0.1) is 16.4 Å². The lowest BCUT2D eigenvalue weighted by atomic mass is 10.2. The third-order valence-corrected chi connectivity index (χ3v) is 5.30. The third kappa shape index (κ3) is 3.18. The van der Waals surface area contributed by atoms with E-state index in [0.29, 0.717) is 6.04 Å². The molecule has 0 radical (unpaired) electrons. The second-order valence-electron chi connectivity index (χ2n) is 5.95. The first kappa shape index (κ1) is 15.3. The highest BCUT2D eigenvalue weighted by atomic mass is 32.1. The number of aromatic amines is 1. The summed E-state index contributed by atoms with van der Waals surface area (Å²) in [6, 6.07) is 8.64. The molecule has 0 spiro atoms. The van der Waals surface area contributed by atoms with Gasteiger partial charge in [-0.1, -0.05) is 6.07 Å². The Morgan fingerprint density at radius 1 is 1.33 bits per heavy atom. The van der Waals surface area contributed by atoms with Crippen LogP contribution in [0.2, 0.25) is 0 Å². The van der Waals surface area contributed by atoms with E-state index >= 15 is 0 Å². The summed E-state index contributed by atoms with van der Waals surface area (Å²) in [6.45, 7) is 2.80. The molecule has 0 saturated carbocycles. The van der Waals surface area contributed by atoms with Gasteiger partial charge in [0.15, 0.2) is 5.82 Å². The van der Waals surface area contributed by atoms with Crippen LogP contribution < -0.4 is 10.2 Å². The summed E-state index contributed by atoms with van der Waals surface area (Å²) in [5.74, 6) is 0.976. The quantitative estimate of drug-likeness (QED) is 0.722. The minimum atomic E-state index is 0.471. The Labute approximate surface area is 144 Å². The molecule has 4 heterocycles. The maximum absolute atomic E-state index is 4.25. The van der Waals surface area contributed by atoms with Crippen LogP contribution in [0.15, 0.2) is 42.0 Å². The van der Waals surface area contributed by atoms with E-state index in [1.807, 2.05) is 18.3 Å². The molecule has 2 N–H and O–H groups in total. The predicted molar refractivity (Wildman–Crippen MR) is 96.0 cm³/mol. The minimum absolute atomic E-state index is 0.471. The van der Waals surface area contributed by atoms with Gasteiger partial charge < -0.3 is 10.2 Å². The molecule has 1 saturated heterocycles. The van der Waals surface area contributed by atoms with Crippen molar-refractivity contribution in [2.75, 3.05) is 18.0 Å². The van der Waals surface area contributed by atoms with Crippen molar-refractivity contribution in [3.8, 4) is 10.6 Å². The number of nitrogens with zero attached hydrogens (tertiary/aromatic N) is 4. The van der Waals surface area contributed by atoms with Gasteiger partial charge in [-0.3, -0.25) is 5.10 Å². The molecule has 1 aliphatic heterocycles. The van der Waals surface area contributed by atoms with Crippen molar-refractivity contribution in [1.82, 2.24) is 25.7 Å². The highest BCUT2D eigenvalue weighted by molar-refractivity contribution is 7.13. The second-order valence-corrected chi connectivity index (χ2v) is 6.90. The van der Waals surface area contributed by atoms with Gasteiger partial charge in [0, 0.05) is 37.4 Å². The molecule has 1 aliphatic rings. The molecule has 0 bridgehead atoms. The Morgan fingerprint density at radius 3 is 3.17 bits per heavy atom. The Morgan fingerprint density at radius 2 is 2.33 bits per heavy atom. The largest absolute Gasteiger partial charge is 0.351 e. The van der Waals surface area contributed by atoms with Gasteiger partial charge in [-0.2, -0.15) is 10.2 Å². The topological polar surface area (TPSA) is 69.7 Å². The Bertz CT molecular complexity index is 755. The van der Waals surface area contributed by atoms with Crippen molar-refractivity contribution in [1.29, 1.82) is 0 Å². The summed E-state index contributed by atoms with van der Waals surface area (Å²) in [6.07, 6.45) is 6.02. The number of H-pyrrole nitrogens is 1. The van der Waals surface area contributed by atoms with Gasteiger partial charge in [0.2, 0.25) is 0 Å². The molecule has 1 fully saturated rings. The van der Waals surface area contributed by atoms with Crippen LogP contribution in [0.25, 0.3) is 10.6 Å². The summed E-state index contributed by atoms with van der Waals surface area (Å²) in [7, 11) is 0. The molecule has 24 heavy (non-hydrogen) atoms. The number of aromatic nitrogens is 4. The lowest BCUT2D eigenvalue weighted by molar-refractivity contribution is 0.570. The molecule has 3 aromatic heterocycles. The lowest BCUT2D eigenvalue weighted by Gasteiger charge is -2.25. The number of nitrogens with one attached hydrogen (secondary N) is 2. The highest BCUT2D eigenvalue weighted by Gasteiger charge is 2.25. The van der Waals surface area contributed by atoms with Crippen LogP contribution in [0.5, 0.6) is 0 Å². The number of hydrogen-bond acceptors (Lipinski definition) is 6. The zero-order valence-electron chi connectivity index (χ0n) is 13.4. The van der Waals surface area contributed by atoms with Crippen molar-refractivity contribution < 1.29 is 0 Å². The summed E-state index contributed by atoms with van der Waals surface area (Å²) in [5.41, 5.74) is 2.33. The fraction of sp³-hybridized carbons (Fsp3) is 0.353. The highest BCUT2D eigenvalue weighted by Crippen LogP contribution is 2.26. The minimum Gasteiger partial charge on any atom is -0.351 e. The molecule has 3 aromatic rings. The van der Waals surface area contributed by atoms with E-state index in [4.69, 9.17) is 0 Å². The Kier molecular flexibility index (Phi) is 4.53. The molecule has 0 aliphatic carbocycles. The SMILES string of the molecule is c1cnnc(N2CCC[C@H]2CNCc2cn[nH]c2-c2cccs2)c1. The molecule has 4 rings (SSSR count). The third-order valence-electron chi connectivity index (χ3n) is 4.41. The molecule has 7 heteroatoms. The van der Waals surface area contributed by atoms with Crippen molar-refractivity contribution in [2.24, 2.45) is 0 Å². The van der Waals surface area contributed by atoms with Crippen LogP contribution >= 0.6 is 11.3 Å². The number of thiophene rings is 1. The maximum Gasteiger partial charge on any atom is 0.151 e. The lowest BCUT2D eigenvalue weighted by Crippen LogP contribution is -2.38. The van der Waals surface area contributed by atoms with Crippen molar-refractivity contribution in [3.05, 3.63) is 47.6 Å². The van der Waals surface area contributed by atoms with Crippen LogP contribution in [0, 0.1) is 0 Å². The standard InChI is InChI=1S/C17H20N6S/c1-6-16(21-19-7-1)23-8-2-4-14(23)12-18-10-13-11-20-22-17(13)15-5-3-9-24-15/h1,3,5-7,9,11,14,18H,2,4,8,10,12H2,(H,20,22)/t14-/m0/s1. The Hall–Kier alpha value is -2.25. The van der Waals surface area contributed by atoms with E-state index in [1.54, 1.807) is 17.5 Å². The molecule has 0 aromatic carbocycles. The molecule has 1 atom stereocenters. The summed E-state index contributed by atoms with van der Waals surface area (Å²) in [5, 5.41) is 21.2. The van der Waals surface area contributed by atoms with E-state index in [9.17, 15) is 0 Å². The fourth-order valence-corrected chi connectivity index (χ4v) is 4.00. The Balaban J connectivity index is 1.37. The zero-order valence-corrected chi connectivity index (χ0v) is 14.2. The van der Waals surface area contributed by atoms with E-state index in [1.165, 1.54) is 23.3 Å². The second kappa shape index (κ2) is 7.11. The van der Waals surface area contributed by atoms with Crippen LogP contribution in [0.4, 0.5) is 5.82 Å². The summed E-state index contributed by atoms with van der Waals surface area (Å²) >= 11 is 1.73. The number of anilines is 1. The first-order chi connectivity index (χ1) is 11.9. The fourth-order valence-electron chi connectivity index (χ4n) is 3.25. The van der Waals surface area contributed by atoms with Gasteiger partial charge in [0.25, 0.3) is 0 Å². The van der Waals surface area contributed by atoms with Crippen molar-refractivity contribution >= 4 is 17.2 Å². The van der Waals surface area contributed by atoms with Crippen LogP contribution in [-0.4, -0.2) is 39.5 Å². The van der Waals surface area contributed by atoms with E-state index < -0.39 is 0 Å².